The number of nitrogens with two attached hydrogens (primary N) is 1. The normalized spacial score (nSPS) is 25.0. The van der Waals surface area contributed by atoms with Gasteiger partial charge in [0.2, 0.25) is 0 Å². The van der Waals surface area contributed by atoms with Gasteiger partial charge in [-0.2, -0.15) is 0 Å². The van der Waals surface area contributed by atoms with Gasteiger partial charge in [-0.3, -0.25) is 15.4 Å². The van der Waals surface area contributed by atoms with Crippen LogP contribution in [0.4, 0.5) is 13.2 Å². The Balaban J connectivity index is 1.88. The molecule has 0 amide bonds. The molecule has 0 bridgehead atoms. The van der Waals surface area contributed by atoms with Gasteiger partial charge in [-0.25, -0.2) is 17.7 Å². The highest BCUT2D eigenvalue weighted by Gasteiger charge is 2.45. The molecule has 2 aromatic rings. The number of ether oxygens (including phenoxy) is 1. The lowest BCUT2D eigenvalue weighted by Crippen LogP contribution is -2.62. The number of aromatic nitrogens is 1. The molecule has 1 saturated heterocycles. The van der Waals surface area contributed by atoms with Crippen molar-refractivity contribution in [2.75, 3.05) is 6.61 Å². The molecular weight excluding hydrogens is 596 g/mol. The zero-order valence-corrected chi connectivity index (χ0v) is 21.3. The number of hydrogen-bond acceptors (Lipinski definition) is 10. The molecule has 36 heavy (non-hydrogen) atoms. The molecule has 0 saturated carbocycles. The highest BCUT2D eigenvalue weighted by atomic mass is 79.9. The molecule has 3 unspecified atom stereocenters. The second-order valence-electron chi connectivity index (χ2n) is 7.42. The number of hydrazine groups is 1. The maximum atomic E-state index is 13.7. The molecule has 3 rings (SSSR count). The fourth-order valence-corrected chi connectivity index (χ4v) is 5.18. The van der Waals surface area contributed by atoms with Crippen molar-refractivity contribution in [1.82, 2.24) is 15.7 Å². The van der Waals surface area contributed by atoms with E-state index in [1.165, 1.54) is 12.4 Å². The Morgan fingerprint density at radius 1 is 1.22 bits per heavy atom. The van der Waals surface area contributed by atoms with E-state index < -0.39 is 61.7 Å². The minimum absolute atomic E-state index is 0.137. The predicted molar refractivity (Wildman–Crippen MR) is 125 cm³/mol. The minimum Gasteiger partial charge on any atom is -0.388 e. The van der Waals surface area contributed by atoms with Crippen molar-refractivity contribution in [2.24, 2.45) is 5.84 Å². The molecule has 1 aliphatic heterocycles. The lowest BCUT2D eigenvalue weighted by Gasteiger charge is -2.42. The van der Waals surface area contributed by atoms with Crippen LogP contribution in [0.25, 0.3) is 5.70 Å². The number of nitrogens with one attached hydrogen (secondary N) is 2. The molecule has 1 aliphatic rings. The van der Waals surface area contributed by atoms with E-state index in [-0.39, 0.29) is 11.3 Å². The van der Waals surface area contributed by atoms with Crippen molar-refractivity contribution >= 4 is 41.2 Å². The van der Waals surface area contributed by atoms with Gasteiger partial charge in [0.05, 0.1) is 18.3 Å². The van der Waals surface area contributed by atoms with E-state index in [1.54, 1.807) is 6.07 Å². The maximum absolute atomic E-state index is 13.7. The Kier molecular flexibility index (Phi) is 9.79. The molecule has 1 aromatic heterocycles. The summed E-state index contributed by atoms with van der Waals surface area (Å²) in [4.78, 5) is 22.6. The van der Waals surface area contributed by atoms with E-state index >= 15 is 0 Å². The van der Waals surface area contributed by atoms with E-state index in [2.05, 4.69) is 36.2 Å². The van der Waals surface area contributed by atoms with Gasteiger partial charge in [0.15, 0.2) is 17.5 Å². The highest BCUT2D eigenvalue weighted by molar-refractivity contribution is 9.10. The average Bonchev–Trinajstić information content (AvgIpc) is 2.80. The van der Waals surface area contributed by atoms with E-state index in [9.17, 15) is 27.9 Å². The number of nitrogens with zero attached hydrogens (tertiary/aromatic N) is 1. The number of pyridine rings is 1. The molecule has 1 fully saturated rings. The van der Waals surface area contributed by atoms with Crippen LogP contribution in [0.2, 0.25) is 0 Å². The number of aliphatic hydroxyl groups excluding tert-OH is 2. The second-order valence-corrected chi connectivity index (χ2v) is 10.7. The minimum atomic E-state index is -4.91. The van der Waals surface area contributed by atoms with Crippen LogP contribution >= 0.6 is 35.5 Å². The van der Waals surface area contributed by atoms with Crippen LogP contribution in [0.1, 0.15) is 5.56 Å². The van der Waals surface area contributed by atoms with Crippen LogP contribution in [-0.4, -0.2) is 61.4 Å². The fraction of sp³-hybridized carbons (Fsp3) is 0.316. The molecule has 8 N–H and O–H groups in total. The summed E-state index contributed by atoms with van der Waals surface area (Å²) in [5.74, 6) is 0.819. The molecule has 11 nitrogen and oxygen atoms in total. The van der Waals surface area contributed by atoms with Crippen LogP contribution in [-0.2, 0) is 13.8 Å². The standard InChI is InChI=1S/C19H21BrF3N4O7PS/c20-9-3-10(5-25-4-9)36-19-18(29)16(17(28)14(34-19)7-33-35(30,31)32)26-6-13(27-24)8-1-11(21)15(23)12(22)2-8/h1-6,14,16-19,26-29H,7,24H2,(H2,30,31,32)/b13-6-/t14?,16?,17-,18?,19+/m0/s1. The number of hydrogen-bond donors (Lipinski definition) is 7. The molecule has 2 heterocycles. The average molecular weight is 617 g/mol. The number of aliphatic hydroxyl groups is 2. The van der Waals surface area contributed by atoms with Crippen molar-refractivity contribution in [3.05, 3.63) is 64.3 Å². The van der Waals surface area contributed by atoms with Crippen LogP contribution in [0, 0.1) is 17.5 Å². The summed E-state index contributed by atoms with van der Waals surface area (Å²) in [5.41, 5.74) is 0.763. The first kappa shape index (κ1) is 28.8. The molecule has 0 radical (unpaired) electrons. The van der Waals surface area contributed by atoms with E-state index in [4.69, 9.17) is 20.4 Å². The van der Waals surface area contributed by atoms with Gasteiger partial charge in [0, 0.05) is 33.5 Å². The van der Waals surface area contributed by atoms with E-state index in [0.29, 0.717) is 21.5 Å². The third-order valence-corrected chi connectivity index (χ3v) is 6.95. The monoisotopic (exact) mass is 616 g/mol. The summed E-state index contributed by atoms with van der Waals surface area (Å²) >= 11 is 4.27. The van der Waals surface area contributed by atoms with Gasteiger partial charge in [-0.15, -0.1) is 0 Å². The SMILES string of the molecule is NN/C(=C\NC1C(O)[C@@H](Sc2cncc(Br)c2)OC(COP(=O)(O)O)[C@@H]1O)c1cc(F)c(F)c(F)c1. The maximum Gasteiger partial charge on any atom is 0.469 e. The van der Waals surface area contributed by atoms with Gasteiger partial charge in [-0.1, -0.05) is 11.8 Å². The summed E-state index contributed by atoms with van der Waals surface area (Å²) in [7, 11) is -4.91. The molecule has 198 valence electrons. The van der Waals surface area contributed by atoms with Crippen molar-refractivity contribution < 1.29 is 47.0 Å². The summed E-state index contributed by atoms with van der Waals surface area (Å²) in [6.45, 7) is -0.732. The number of benzene rings is 1. The van der Waals surface area contributed by atoms with Crippen LogP contribution in [0.3, 0.4) is 0 Å². The van der Waals surface area contributed by atoms with Crippen molar-refractivity contribution in [2.45, 2.75) is 34.7 Å². The second kappa shape index (κ2) is 12.2. The zero-order chi connectivity index (χ0) is 26.6. The van der Waals surface area contributed by atoms with Crippen molar-refractivity contribution in [1.29, 1.82) is 0 Å². The lowest BCUT2D eigenvalue weighted by molar-refractivity contribution is -0.163. The van der Waals surface area contributed by atoms with Crippen molar-refractivity contribution in [3.63, 3.8) is 0 Å². The molecule has 0 spiro atoms. The van der Waals surface area contributed by atoms with Gasteiger partial charge in [0.1, 0.15) is 23.7 Å². The Bertz CT molecular complexity index is 1140. The largest absolute Gasteiger partial charge is 0.469 e. The summed E-state index contributed by atoms with van der Waals surface area (Å²) < 4.78 is 62.5. The van der Waals surface area contributed by atoms with Gasteiger partial charge in [0.25, 0.3) is 0 Å². The molecule has 17 heteroatoms. The number of thioether (sulfide) groups is 1. The summed E-state index contributed by atoms with van der Waals surface area (Å²) in [6.07, 6.45) is -0.251. The van der Waals surface area contributed by atoms with Gasteiger partial charge >= 0.3 is 7.82 Å². The first-order chi connectivity index (χ1) is 16.9. The topological polar surface area (TPSA) is 179 Å². The van der Waals surface area contributed by atoms with Gasteiger partial charge < -0.3 is 35.5 Å². The van der Waals surface area contributed by atoms with Crippen LogP contribution in [0.15, 0.2) is 46.2 Å². The van der Waals surface area contributed by atoms with Crippen LogP contribution < -0.4 is 16.6 Å². The molecule has 5 atom stereocenters. The Morgan fingerprint density at radius 3 is 2.47 bits per heavy atom. The summed E-state index contributed by atoms with van der Waals surface area (Å²) in [6, 6.07) is 1.78. The zero-order valence-electron chi connectivity index (χ0n) is 18.0. The third-order valence-electron chi connectivity index (χ3n) is 4.91. The van der Waals surface area contributed by atoms with E-state index in [0.717, 1.165) is 18.0 Å². The molecule has 0 aliphatic carbocycles. The number of rotatable bonds is 9. The molecule has 1 aromatic carbocycles. The third kappa shape index (κ3) is 7.41. The van der Waals surface area contributed by atoms with E-state index in [1.807, 2.05) is 0 Å². The first-order valence-electron chi connectivity index (χ1n) is 9.96. The van der Waals surface area contributed by atoms with Crippen LogP contribution in [0.5, 0.6) is 0 Å². The predicted octanol–water partition coefficient (Wildman–Crippen LogP) is 1.33. The number of phosphoric ester groups is 1. The molecular formula is C19H21BrF3N4O7PS. The lowest BCUT2D eigenvalue weighted by atomic mass is 9.97. The number of halogens is 4. The van der Waals surface area contributed by atoms with Crippen molar-refractivity contribution in [3.8, 4) is 0 Å². The smallest absolute Gasteiger partial charge is 0.388 e. The fourth-order valence-electron chi connectivity index (χ4n) is 3.23. The Hall–Kier alpha value is -1.72. The summed E-state index contributed by atoms with van der Waals surface area (Å²) in [5, 5.41) is 24.3. The quantitative estimate of drug-likeness (QED) is 0.0931. The first-order valence-corrected chi connectivity index (χ1v) is 13.2. The Labute approximate surface area is 215 Å². The highest BCUT2D eigenvalue weighted by Crippen LogP contribution is 2.39. The number of phosphoric acid groups is 1. The van der Waals surface area contributed by atoms with Gasteiger partial charge in [-0.05, 0) is 34.1 Å². The Morgan fingerprint density at radius 2 is 1.89 bits per heavy atom.